The Morgan fingerprint density at radius 1 is 0.889 bits per heavy atom. The fourth-order valence-corrected chi connectivity index (χ4v) is 3.59. The number of carbonyl (C=O) groups excluding carboxylic acids is 1. The zero-order chi connectivity index (χ0) is 25.9. The number of anilines is 1. The third-order valence-electron chi connectivity index (χ3n) is 5.56. The number of carbonyl (C=O) groups is 1. The zero-order valence-corrected chi connectivity index (χ0v) is 19.1. The molecule has 3 aromatic carbocycles. The summed E-state index contributed by atoms with van der Waals surface area (Å²) in [6.45, 7) is 1.01. The van der Waals surface area contributed by atoms with Gasteiger partial charge in [-0.25, -0.2) is 8.78 Å². The van der Waals surface area contributed by atoms with Crippen LogP contribution in [-0.4, -0.2) is 27.1 Å². The van der Waals surface area contributed by atoms with E-state index in [-0.39, 0.29) is 17.9 Å². The highest BCUT2D eigenvalue weighted by molar-refractivity contribution is 5.92. The van der Waals surface area contributed by atoms with Gasteiger partial charge in [-0.05, 0) is 42.8 Å². The van der Waals surface area contributed by atoms with E-state index < -0.39 is 23.7 Å². The molecule has 0 radical (unpaired) electrons. The standard InChI is InChI=1S/C27H21F4N3O2/c1-16(35)27(30,31)20-7-2-17(3-8-20)14-24(36)34-21-9-4-18(5-10-21)25-26(33-13-12-32-25)19-6-11-22(28)23(29)15-19/h2-13,15-16,35H,14H2,1H3,(H,34,36). The molecule has 5 nitrogen and oxygen atoms in total. The van der Waals surface area contributed by atoms with Crippen molar-refractivity contribution >= 4 is 11.6 Å². The Morgan fingerprint density at radius 3 is 2.06 bits per heavy atom. The van der Waals surface area contributed by atoms with Gasteiger partial charge in [0.25, 0.3) is 5.92 Å². The minimum Gasteiger partial charge on any atom is -0.387 e. The Morgan fingerprint density at radius 2 is 1.47 bits per heavy atom. The number of rotatable bonds is 7. The highest BCUT2D eigenvalue weighted by Gasteiger charge is 2.37. The Balaban J connectivity index is 1.46. The van der Waals surface area contributed by atoms with Gasteiger partial charge in [0.05, 0.1) is 17.8 Å². The predicted octanol–water partition coefficient (Wildman–Crippen LogP) is 5.74. The van der Waals surface area contributed by atoms with Crippen LogP contribution in [0.2, 0.25) is 0 Å². The monoisotopic (exact) mass is 495 g/mol. The van der Waals surface area contributed by atoms with E-state index in [0.717, 1.165) is 19.1 Å². The molecule has 4 rings (SSSR count). The maximum atomic E-state index is 13.9. The summed E-state index contributed by atoms with van der Waals surface area (Å²) in [6, 6.07) is 15.4. The van der Waals surface area contributed by atoms with Crippen molar-refractivity contribution in [1.82, 2.24) is 9.97 Å². The minimum atomic E-state index is -3.38. The first kappa shape index (κ1) is 25.0. The van der Waals surface area contributed by atoms with E-state index in [9.17, 15) is 27.5 Å². The number of alkyl halides is 2. The lowest BCUT2D eigenvalue weighted by Crippen LogP contribution is -2.27. The molecule has 1 heterocycles. The second-order valence-electron chi connectivity index (χ2n) is 8.18. The summed E-state index contributed by atoms with van der Waals surface area (Å²) in [5.74, 6) is -5.68. The van der Waals surface area contributed by atoms with Gasteiger partial charge in [0.2, 0.25) is 5.91 Å². The molecule has 0 aliphatic carbocycles. The second-order valence-corrected chi connectivity index (χ2v) is 8.18. The summed E-state index contributed by atoms with van der Waals surface area (Å²) in [4.78, 5) is 21.0. The van der Waals surface area contributed by atoms with Gasteiger partial charge >= 0.3 is 0 Å². The van der Waals surface area contributed by atoms with Crippen LogP contribution in [0.15, 0.2) is 79.1 Å². The lowest BCUT2D eigenvalue weighted by molar-refractivity contribution is -0.115. The number of hydrogen-bond donors (Lipinski definition) is 2. The van der Waals surface area contributed by atoms with Gasteiger partial charge in [0.1, 0.15) is 6.10 Å². The van der Waals surface area contributed by atoms with Crippen molar-refractivity contribution in [2.24, 2.45) is 0 Å². The SMILES string of the molecule is CC(O)C(F)(F)c1ccc(CC(=O)Nc2ccc(-c3nccnc3-c3ccc(F)c(F)c3)cc2)cc1. The summed E-state index contributed by atoms with van der Waals surface area (Å²) in [6.07, 6.45) is 1.07. The molecule has 0 fully saturated rings. The average Bonchev–Trinajstić information content (AvgIpc) is 2.86. The van der Waals surface area contributed by atoms with Crippen LogP contribution in [0.25, 0.3) is 22.5 Å². The summed E-state index contributed by atoms with van der Waals surface area (Å²) < 4.78 is 54.9. The fraction of sp³-hybridized carbons (Fsp3) is 0.148. The fourth-order valence-electron chi connectivity index (χ4n) is 3.59. The van der Waals surface area contributed by atoms with E-state index in [1.165, 1.54) is 42.7 Å². The van der Waals surface area contributed by atoms with Crippen molar-refractivity contribution < 1.29 is 27.5 Å². The third-order valence-corrected chi connectivity index (χ3v) is 5.56. The van der Waals surface area contributed by atoms with Crippen LogP contribution in [-0.2, 0) is 17.1 Å². The van der Waals surface area contributed by atoms with E-state index in [2.05, 4.69) is 15.3 Å². The van der Waals surface area contributed by atoms with Crippen LogP contribution in [0.3, 0.4) is 0 Å². The summed E-state index contributed by atoms with van der Waals surface area (Å²) in [5.41, 5.74) is 2.55. The maximum Gasteiger partial charge on any atom is 0.298 e. The van der Waals surface area contributed by atoms with Crippen LogP contribution in [0, 0.1) is 11.6 Å². The predicted molar refractivity (Wildman–Crippen MR) is 127 cm³/mol. The second kappa shape index (κ2) is 10.2. The number of aliphatic hydroxyl groups excluding tert-OH is 1. The van der Waals surface area contributed by atoms with Crippen molar-refractivity contribution in [3.63, 3.8) is 0 Å². The highest BCUT2D eigenvalue weighted by Crippen LogP contribution is 2.32. The molecule has 2 N–H and O–H groups in total. The number of nitrogens with one attached hydrogen (secondary N) is 1. The van der Waals surface area contributed by atoms with Crippen molar-refractivity contribution in [1.29, 1.82) is 0 Å². The van der Waals surface area contributed by atoms with E-state index in [4.69, 9.17) is 0 Å². The van der Waals surface area contributed by atoms with Crippen LogP contribution in [0.1, 0.15) is 18.1 Å². The molecule has 0 spiro atoms. The molecule has 1 amide bonds. The summed E-state index contributed by atoms with van der Waals surface area (Å²) in [7, 11) is 0. The zero-order valence-electron chi connectivity index (χ0n) is 19.1. The number of halogens is 4. The molecule has 0 bridgehead atoms. The van der Waals surface area contributed by atoms with E-state index >= 15 is 0 Å². The number of hydrogen-bond acceptors (Lipinski definition) is 4. The molecule has 1 atom stereocenters. The number of nitrogens with zero attached hydrogens (tertiary/aromatic N) is 2. The molecular weight excluding hydrogens is 474 g/mol. The van der Waals surface area contributed by atoms with Crippen molar-refractivity contribution in [2.45, 2.75) is 25.4 Å². The van der Waals surface area contributed by atoms with Gasteiger partial charge in [-0.2, -0.15) is 8.78 Å². The van der Waals surface area contributed by atoms with Crippen LogP contribution in [0.5, 0.6) is 0 Å². The van der Waals surface area contributed by atoms with Crippen LogP contribution < -0.4 is 5.32 Å². The van der Waals surface area contributed by atoms with E-state index in [1.807, 2.05) is 0 Å². The Kier molecular flexibility index (Phi) is 7.12. The average molecular weight is 495 g/mol. The van der Waals surface area contributed by atoms with Gasteiger partial charge in [0.15, 0.2) is 11.6 Å². The van der Waals surface area contributed by atoms with Gasteiger partial charge in [-0.3, -0.25) is 14.8 Å². The largest absolute Gasteiger partial charge is 0.387 e. The van der Waals surface area contributed by atoms with Crippen LogP contribution >= 0.6 is 0 Å². The number of aliphatic hydroxyl groups is 1. The first-order chi connectivity index (χ1) is 17.1. The van der Waals surface area contributed by atoms with E-state index in [1.54, 1.807) is 24.3 Å². The number of amides is 1. The molecule has 36 heavy (non-hydrogen) atoms. The smallest absolute Gasteiger partial charge is 0.298 e. The molecule has 1 unspecified atom stereocenters. The normalized spacial score (nSPS) is 12.3. The molecule has 1 aromatic heterocycles. The molecule has 184 valence electrons. The number of benzene rings is 3. The Hall–Kier alpha value is -4.11. The molecule has 0 aliphatic heterocycles. The molecular formula is C27H21F4N3O2. The molecule has 0 aliphatic rings. The topological polar surface area (TPSA) is 75.1 Å². The first-order valence-electron chi connectivity index (χ1n) is 11.0. The van der Waals surface area contributed by atoms with Crippen molar-refractivity contribution in [2.75, 3.05) is 5.32 Å². The summed E-state index contributed by atoms with van der Waals surface area (Å²) >= 11 is 0. The van der Waals surface area contributed by atoms with E-state index in [0.29, 0.717) is 33.8 Å². The first-order valence-corrected chi connectivity index (χ1v) is 11.0. The quantitative estimate of drug-likeness (QED) is 0.321. The molecule has 4 aromatic rings. The molecule has 9 heteroatoms. The number of aromatic nitrogens is 2. The summed E-state index contributed by atoms with van der Waals surface area (Å²) in [5, 5.41) is 12.0. The van der Waals surface area contributed by atoms with Gasteiger partial charge in [0, 0.05) is 34.8 Å². The Labute approximate surface area is 204 Å². The van der Waals surface area contributed by atoms with Crippen molar-refractivity contribution in [3.8, 4) is 22.5 Å². The highest BCUT2D eigenvalue weighted by atomic mass is 19.3. The third kappa shape index (κ3) is 5.41. The lowest BCUT2D eigenvalue weighted by Gasteiger charge is -2.19. The minimum absolute atomic E-state index is 0.0350. The Bertz CT molecular complexity index is 1370. The van der Waals surface area contributed by atoms with Crippen LogP contribution in [0.4, 0.5) is 23.2 Å². The molecule has 0 saturated carbocycles. The van der Waals surface area contributed by atoms with Gasteiger partial charge in [-0.1, -0.05) is 36.4 Å². The lowest BCUT2D eigenvalue weighted by atomic mass is 10.0. The van der Waals surface area contributed by atoms with Gasteiger partial charge in [-0.15, -0.1) is 0 Å². The molecule has 0 saturated heterocycles. The van der Waals surface area contributed by atoms with Crippen molar-refractivity contribution in [3.05, 3.63) is 102 Å². The maximum absolute atomic E-state index is 13.9. The van der Waals surface area contributed by atoms with Gasteiger partial charge < -0.3 is 10.4 Å².